The number of nitrogens with one attached hydrogen (secondary N) is 1. The summed E-state index contributed by atoms with van der Waals surface area (Å²) in [5, 5.41) is 7.46. The van der Waals surface area contributed by atoms with Gasteiger partial charge < -0.3 is 25.3 Å². The first-order valence-electron chi connectivity index (χ1n) is 11.3. The molecule has 37 heavy (non-hydrogen) atoms. The molecule has 2 amide bonds. The Morgan fingerprint density at radius 2 is 2.19 bits per heavy atom. The number of primary amides is 1. The lowest BCUT2D eigenvalue weighted by molar-refractivity contribution is -0.127. The second kappa shape index (κ2) is 10.4. The van der Waals surface area contributed by atoms with Gasteiger partial charge in [-0.15, -0.1) is 0 Å². The highest BCUT2D eigenvalue weighted by molar-refractivity contribution is 6.59. The zero-order valence-corrected chi connectivity index (χ0v) is 22.6. The van der Waals surface area contributed by atoms with Crippen molar-refractivity contribution in [1.29, 1.82) is 0 Å². The number of anilines is 1. The highest BCUT2D eigenvalue weighted by atomic mass is 35.5. The molecule has 0 unspecified atom stereocenters. The summed E-state index contributed by atoms with van der Waals surface area (Å²) >= 11 is 6.29. The molecule has 3 heterocycles. The fourth-order valence-corrected chi connectivity index (χ4v) is 7.58. The van der Waals surface area contributed by atoms with Gasteiger partial charge in [0.15, 0.2) is 5.82 Å². The number of imidazole rings is 1. The van der Waals surface area contributed by atoms with Crippen LogP contribution < -0.4 is 11.1 Å². The van der Waals surface area contributed by atoms with Gasteiger partial charge in [0.1, 0.15) is 28.4 Å². The van der Waals surface area contributed by atoms with Gasteiger partial charge in [-0.05, 0) is 31.0 Å². The van der Waals surface area contributed by atoms with Crippen molar-refractivity contribution < 1.29 is 18.7 Å². The number of methoxy groups -OCH3 is 1. The molecule has 1 saturated heterocycles. The van der Waals surface area contributed by atoms with Gasteiger partial charge in [-0.25, -0.2) is 9.37 Å². The molecule has 1 aromatic carbocycles. The smallest absolute Gasteiger partial charge is 0.255 e. The third kappa shape index (κ3) is 4.61. The summed E-state index contributed by atoms with van der Waals surface area (Å²) in [7, 11) is 3.41. The fraction of sp³-hybridized carbons (Fsp3) is 0.333. The van der Waals surface area contributed by atoms with Crippen molar-refractivity contribution in [1.82, 2.24) is 23.9 Å². The summed E-state index contributed by atoms with van der Waals surface area (Å²) in [5.74, 6) is 5.17. The third-order valence-corrected chi connectivity index (χ3v) is 9.27. The van der Waals surface area contributed by atoms with E-state index in [-0.39, 0.29) is 39.3 Å². The van der Waals surface area contributed by atoms with Gasteiger partial charge in [0, 0.05) is 32.9 Å². The quantitative estimate of drug-likeness (QED) is 0.278. The number of benzene rings is 1. The lowest BCUT2D eigenvalue weighted by atomic mass is 10.1. The van der Waals surface area contributed by atoms with Crippen LogP contribution in [0.25, 0.3) is 11.0 Å². The molecule has 3 aromatic rings. The zero-order chi connectivity index (χ0) is 27.0. The van der Waals surface area contributed by atoms with Crippen molar-refractivity contribution in [3.8, 4) is 11.8 Å². The van der Waals surface area contributed by atoms with Crippen LogP contribution in [-0.4, -0.2) is 77.6 Å². The van der Waals surface area contributed by atoms with Crippen molar-refractivity contribution in [2.24, 2.45) is 12.8 Å². The Hall–Kier alpha value is -3.66. The number of nitrogens with two attached hydrogens (primary N) is 1. The van der Waals surface area contributed by atoms with E-state index in [1.165, 1.54) is 6.08 Å². The SMILES string of the molecule is C=CC(=O)N1C[Si](n2nc(C#Cc3cc4nc(C)n(C)c4c(F)c3Cl)c(C(N)=O)c2NC)C[C@@H]1COC. The summed E-state index contributed by atoms with van der Waals surface area (Å²) < 4.78 is 23.6. The first kappa shape index (κ1) is 26.4. The number of amides is 2. The maximum absolute atomic E-state index is 15.0. The Bertz CT molecular complexity index is 1490. The van der Waals surface area contributed by atoms with Crippen molar-refractivity contribution >= 4 is 49.2 Å². The number of aromatic nitrogens is 4. The molecule has 1 atom stereocenters. The van der Waals surface area contributed by atoms with E-state index in [0.717, 1.165) is 0 Å². The summed E-state index contributed by atoms with van der Waals surface area (Å²) in [4.78, 5) is 30.9. The van der Waals surface area contributed by atoms with E-state index in [4.69, 9.17) is 22.1 Å². The molecule has 0 saturated carbocycles. The predicted molar refractivity (Wildman–Crippen MR) is 140 cm³/mol. The van der Waals surface area contributed by atoms with Crippen LogP contribution in [0.3, 0.4) is 0 Å². The maximum Gasteiger partial charge on any atom is 0.255 e. The summed E-state index contributed by atoms with van der Waals surface area (Å²) in [6, 6.07) is 2.07. The fourth-order valence-electron chi connectivity index (χ4n) is 4.48. The predicted octanol–water partition coefficient (Wildman–Crippen LogP) is 1.83. The third-order valence-electron chi connectivity index (χ3n) is 6.33. The van der Waals surface area contributed by atoms with Gasteiger partial charge in [0.25, 0.3) is 5.91 Å². The Labute approximate surface area is 219 Å². The molecule has 13 heteroatoms. The van der Waals surface area contributed by atoms with Crippen molar-refractivity contribution in [3.63, 3.8) is 0 Å². The van der Waals surface area contributed by atoms with Gasteiger partial charge in [0.05, 0.1) is 23.2 Å². The number of halogens is 2. The summed E-state index contributed by atoms with van der Waals surface area (Å²) in [5.41, 5.74) is 6.84. The van der Waals surface area contributed by atoms with E-state index in [1.807, 2.05) is 0 Å². The van der Waals surface area contributed by atoms with Crippen molar-refractivity contribution in [3.05, 3.63) is 52.2 Å². The molecule has 2 aromatic heterocycles. The standard InChI is InChI=1S/C24H26ClFN7O3Si/c1-6-18(34)32-12-37(11-15(32)10-36-5)33-24(28-3)19(23(27)35)16(30-33)8-7-14-9-17-22(21(26)20(14)25)31(4)13(2)29-17/h6,9,15,28H,1,10-12H2,2-5H3,(H2,27,35)/t15-/m0/s1. The topological polar surface area (TPSA) is 120 Å². The Morgan fingerprint density at radius 1 is 1.46 bits per heavy atom. The molecule has 3 N–H and O–H groups in total. The van der Waals surface area contributed by atoms with Crippen LogP contribution >= 0.6 is 11.6 Å². The van der Waals surface area contributed by atoms with Gasteiger partial charge in [-0.1, -0.05) is 24.1 Å². The van der Waals surface area contributed by atoms with Crippen LogP contribution in [0.4, 0.5) is 10.2 Å². The Balaban J connectivity index is 1.79. The molecule has 1 aliphatic heterocycles. The Kier molecular flexibility index (Phi) is 7.40. The van der Waals surface area contributed by atoms with Gasteiger partial charge in [-0.2, -0.15) is 5.10 Å². The van der Waals surface area contributed by atoms with Crippen LogP contribution in [0, 0.1) is 24.6 Å². The van der Waals surface area contributed by atoms with Gasteiger partial charge in [-0.3, -0.25) is 13.9 Å². The second-order valence-electron chi connectivity index (χ2n) is 8.54. The minimum Gasteiger partial charge on any atom is -0.383 e. The molecule has 10 nitrogen and oxygen atoms in total. The van der Waals surface area contributed by atoms with E-state index < -0.39 is 20.7 Å². The number of rotatable bonds is 6. The van der Waals surface area contributed by atoms with E-state index in [2.05, 4.69) is 33.8 Å². The highest BCUT2D eigenvalue weighted by Gasteiger charge is 2.39. The minimum absolute atomic E-state index is 0.107. The highest BCUT2D eigenvalue weighted by Crippen LogP contribution is 2.29. The number of ether oxygens (including phenoxy) is 1. The number of nitrogens with zero attached hydrogens (tertiary/aromatic N) is 5. The molecule has 0 aliphatic carbocycles. The summed E-state index contributed by atoms with van der Waals surface area (Å²) in [6.07, 6.45) is 1.70. The Morgan fingerprint density at radius 3 is 2.81 bits per heavy atom. The van der Waals surface area contributed by atoms with Crippen LogP contribution in [0.1, 0.15) is 27.4 Å². The largest absolute Gasteiger partial charge is 0.383 e. The summed E-state index contributed by atoms with van der Waals surface area (Å²) in [6.45, 7) is 5.71. The van der Waals surface area contributed by atoms with Crippen LogP contribution in [-0.2, 0) is 16.6 Å². The van der Waals surface area contributed by atoms with Crippen molar-refractivity contribution in [2.75, 3.05) is 32.2 Å². The van der Waals surface area contributed by atoms with E-state index >= 15 is 4.39 Å². The molecule has 193 valence electrons. The molecule has 4 rings (SSSR count). The maximum atomic E-state index is 15.0. The molecule has 1 aliphatic rings. The first-order valence-corrected chi connectivity index (χ1v) is 13.6. The second-order valence-corrected chi connectivity index (χ2v) is 11.2. The minimum atomic E-state index is -1.52. The number of fused-ring (bicyclic) bond motifs is 1. The molecule has 1 fully saturated rings. The van der Waals surface area contributed by atoms with Crippen LogP contribution in [0.5, 0.6) is 0 Å². The number of hydrogen-bond acceptors (Lipinski definition) is 6. The molecular formula is C24H26ClFN7O3Si. The van der Waals surface area contributed by atoms with Gasteiger partial charge in [0.2, 0.25) is 14.9 Å². The average molecular weight is 543 g/mol. The normalized spacial score (nSPS) is 15.6. The van der Waals surface area contributed by atoms with Crippen LogP contribution in [0.15, 0.2) is 18.7 Å². The van der Waals surface area contributed by atoms with E-state index in [1.54, 1.807) is 48.0 Å². The lowest BCUT2D eigenvalue weighted by Gasteiger charge is -2.22. The molecule has 1 radical (unpaired) electrons. The number of aryl methyl sites for hydroxylation is 2. The number of carbonyl (C=O) groups is 2. The molecule has 0 bridgehead atoms. The average Bonchev–Trinajstić information content (AvgIpc) is 3.53. The number of carbonyl (C=O) groups excluding carboxylic acids is 2. The molecule has 0 spiro atoms. The van der Waals surface area contributed by atoms with Gasteiger partial charge >= 0.3 is 0 Å². The van der Waals surface area contributed by atoms with E-state index in [0.29, 0.717) is 36.0 Å². The monoisotopic (exact) mass is 542 g/mol. The van der Waals surface area contributed by atoms with Crippen LogP contribution in [0.2, 0.25) is 11.1 Å². The van der Waals surface area contributed by atoms with E-state index in [9.17, 15) is 9.59 Å². The first-order chi connectivity index (χ1) is 17.6. The molecular weight excluding hydrogens is 517 g/mol. The lowest BCUT2D eigenvalue weighted by Crippen LogP contribution is -2.38. The zero-order valence-electron chi connectivity index (χ0n) is 20.9. The van der Waals surface area contributed by atoms with Crippen molar-refractivity contribution in [2.45, 2.75) is 19.0 Å². The number of hydrogen-bond donors (Lipinski definition) is 2.